The molecular formula is C19H20. The first-order valence-electron chi connectivity index (χ1n) is 7.07. The summed E-state index contributed by atoms with van der Waals surface area (Å²) in [4.78, 5) is 0. The molecule has 0 heterocycles. The molecule has 3 aromatic carbocycles. The molecule has 0 aliphatic heterocycles. The van der Waals surface area contributed by atoms with Crippen LogP contribution in [0.25, 0.3) is 21.5 Å². The lowest BCUT2D eigenvalue weighted by molar-refractivity contribution is 0.648. The Morgan fingerprint density at radius 1 is 0.737 bits per heavy atom. The zero-order valence-corrected chi connectivity index (χ0v) is 11.9. The van der Waals surface area contributed by atoms with E-state index < -0.39 is 0 Å². The molecule has 0 saturated carbocycles. The molecule has 0 radical (unpaired) electrons. The molecule has 0 aliphatic rings. The number of rotatable bonds is 2. The Morgan fingerprint density at radius 3 is 1.79 bits per heavy atom. The quantitative estimate of drug-likeness (QED) is 0.525. The van der Waals surface area contributed by atoms with Gasteiger partial charge in [0.05, 0.1) is 0 Å². The van der Waals surface area contributed by atoms with Gasteiger partial charge in [0.2, 0.25) is 0 Å². The highest BCUT2D eigenvalue weighted by Crippen LogP contribution is 2.33. The molecule has 0 bridgehead atoms. The fraction of sp³-hybridized carbons (Fsp3) is 0.263. The maximum absolute atomic E-state index is 2.30. The van der Waals surface area contributed by atoms with Crippen molar-refractivity contribution in [2.24, 2.45) is 5.92 Å². The highest BCUT2D eigenvalue weighted by molar-refractivity contribution is 6.10. The zero-order chi connectivity index (χ0) is 13.4. The van der Waals surface area contributed by atoms with Gasteiger partial charge in [0.25, 0.3) is 0 Å². The second kappa shape index (κ2) is 4.70. The van der Waals surface area contributed by atoms with E-state index in [-0.39, 0.29) is 0 Å². The SMILES string of the molecule is Cc1c(CC(C)C)c2ccccc2c2ccccc12. The molecule has 0 N–H and O–H groups in total. The van der Waals surface area contributed by atoms with E-state index in [0.717, 1.165) is 6.42 Å². The van der Waals surface area contributed by atoms with Gasteiger partial charge in [-0.15, -0.1) is 0 Å². The van der Waals surface area contributed by atoms with Crippen molar-refractivity contribution in [2.75, 3.05) is 0 Å². The maximum atomic E-state index is 2.30. The van der Waals surface area contributed by atoms with E-state index in [1.165, 1.54) is 32.7 Å². The topological polar surface area (TPSA) is 0 Å². The van der Waals surface area contributed by atoms with Crippen molar-refractivity contribution in [1.29, 1.82) is 0 Å². The highest BCUT2D eigenvalue weighted by atomic mass is 14.2. The molecule has 0 heteroatoms. The summed E-state index contributed by atoms with van der Waals surface area (Å²) in [5.74, 6) is 0.684. The van der Waals surface area contributed by atoms with Crippen molar-refractivity contribution in [1.82, 2.24) is 0 Å². The Kier molecular flexibility index (Phi) is 3.02. The smallest absolute Gasteiger partial charge is 0.0102 e. The van der Waals surface area contributed by atoms with Crippen LogP contribution in [0.5, 0.6) is 0 Å². The van der Waals surface area contributed by atoms with Gasteiger partial charge in [-0.05, 0) is 51.9 Å². The Balaban J connectivity index is 2.47. The number of fused-ring (bicyclic) bond motifs is 3. The molecule has 0 aliphatic carbocycles. The molecule has 19 heavy (non-hydrogen) atoms. The Labute approximate surface area is 115 Å². The first-order valence-corrected chi connectivity index (χ1v) is 7.07. The summed E-state index contributed by atoms with van der Waals surface area (Å²) in [6.07, 6.45) is 1.15. The van der Waals surface area contributed by atoms with Crippen molar-refractivity contribution < 1.29 is 0 Å². The van der Waals surface area contributed by atoms with Gasteiger partial charge < -0.3 is 0 Å². The molecule has 0 fully saturated rings. The standard InChI is InChI=1S/C19H20/c1-13(2)12-19-14(3)15-8-4-5-9-16(15)17-10-6-7-11-18(17)19/h4-11,13H,12H2,1-3H3. The van der Waals surface area contributed by atoms with E-state index in [0.29, 0.717) is 5.92 Å². The first kappa shape index (κ1) is 12.2. The minimum absolute atomic E-state index is 0.684. The lowest BCUT2D eigenvalue weighted by Gasteiger charge is -2.16. The lowest BCUT2D eigenvalue weighted by atomic mass is 9.88. The number of hydrogen-bond donors (Lipinski definition) is 0. The summed E-state index contributed by atoms with van der Waals surface area (Å²) in [5.41, 5.74) is 2.97. The van der Waals surface area contributed by atoms with Gasteiger partial charge in [0.15, 0.2) is 0 Å². The second-order valence-corrected chi connectivity index (χ2v) is 5.79. The normalized spacial score (nSPS) is 11.6. The van der Waals surface area contributed by atoms with Crippen molar-refractivity contribution in [3.63, 3.8) is 0 Å². The van der Waals surface area contributed by atoms with Crippen LogP contribution in [-0.2, 0) is 6.42 Å². The third kappa shape index (κ3) is 2.02. The summed E-state index contributed by atoms with van der Waals surface area (Å²) in [5, 5.41) is 5.59. The summed E-state index contributed by atoms with van der Waals surface area (Å²) in [6.45, 7) is 6.86. The second-order valence-electron chi connectivity index (χ2n) is 5.79. The largest absolute Gasteiger partial charge is 0.0625 e. The van der Waals surface area contributed by atoms with Crippen LogP contribution in [0.4, 0.5) is 0 Å². The third-order valence-electron chi connectivity index (χ3n) is 3.94. The molecule has 0 spiro atoms. The summed E-state index contributed by atoms with van der Waals surface area (Å²) >= 11 is 0. The average molecular weight is 248 g/mol. The fourth-order valence-corrected chi connectivity index (χ4v) is 3.06. The van der Waals surface area contributed by atoms with Crippen LogP contribution in [0.1, 0.15) is 25.0 Å². The van der Waals surface area contributed by atoms with Gasteiger partial charge in [0, 0.05) is 0 Å². The average Bonchev–Trinajstić information content (AvgIpc) is 2.43. The molecule has 3 aromatic rings. The summed E-state index contributed by atoms with van der Waals surface area (Å²) < 4.78 is 0. The van der Waals surface area contributed by atoms with Crippen LogP contribution in [0.2, 0.25) is 0 Å². The molecule has 3 rings (SSSR count). The van der Waals surface area contributed by atoms with Crippen molar-refractivity contribution in [2.45, 2.75) is 27.2 Å². The maximum Gasteiger partial charge on any atom is -0.0102 e. The van der Waals surface area contributed by atoms with E-state index in [9.17, 15) is 0 Å². The van der Waals surface area contributed by atoms with E-state index in [1.54, 1.807) is 0 Å². The van der Waals surface area contributed by atoms with Crippen LogP contribution >= 0.6 is 0 Å². The van der Waals surface area contributed by atoms with Gasteiger partial charge in [-0.2, -0.15) is 0 Å². The van der Waals surface area contributed by atoms with E-state index >= 15 is 0 Å². The van der Waals surface area contributed by atoms with E-state index in [2.05, 4.69) is 69.3 Å². The van der Waals surface area contributed by atoms with Crippen LogP contribution in [-0.4, -0.2) is 0 Å². The monoisotopic (exact) mass is 248 g/mol. The summed E-state index contributed by atoms with van der Waals surface area (Å²) in [7, 11) is 0. The van der Waals surface area contributed by atoms with Crippen molar-refractivity contribution >= 4 is 21.5 Å². The highest BCUT2D eigenvalue weighted by Gasteiger charge is 2.11. The number of benzene rings is 3. The van der Waals surface area contributed by atoms with Crippen LogP contribution in [0, 0.1) is 12.8 Å². The summed E-state index contributed by atoms with van der Waals surface area (Å²) in [6, 6.07) is 17.6. The van der Waals surface area contributed by atoms with E-state index in [1.807, 2.05) is 0 Å². The molecule has 0 nitrogen and oxygen atoms in total. The Morgan fingerprint density at radius 2 is 1.21 bits per heavy atom. The Hall–Kier alpha value is -1.82. The molecule has 0 aromatic heterocycles. The van der Waals surface area contributed by atoms with Gasteiger partial charge in [-0.25, -0.2) is 0 Å². The van der Waals surface area contributed by atoms with Crippen LogP contribution in [0.3, 0.4) is 0 Å². The molecule has 0 amide bonds. The van der Waals surface area contributed by atoms with Crippen molar-refractivity contribution in [3.8, 4) is 0 Å². The van der Waals surface area contributed by atoms with Gasteiger partial charge in [0.1, 0.15) is 0 Å². The molecule has 0 unspecified atom stereocenters. The molecule has 0 atom stereocenters. The van der Waals surface area contributed by atoms with Crippen LogP contribution < -0.4 is 0 Å². The van der Waals surface area contributed by atoms with Crippen LogP contribution in [0.15, 0.2) is 48.5 Å². The van der Waals surface area contributed by atoms with Gasteiger partial charge >= 0.3 is 0 Å². The number of hydrogen-bond acceptors (Lipinski definition) is 0. The zero-order valence-electron chi connectivity index (χ0n) is 11.9. The molecular weight excluding hydrogens is 228 g/mol. The predicted molar refractivity (Wildman–Crippen MR) is 84.7 cm³/mol. The van der Waals surface area contributed by atoms with E-state index in [4.69, 9.17) is 0 Å². The van der Waals surface area contributed by atoms with Crippen molar-refractivity contribution in [3.05, 3.63) is 59.7 Å². The first-order chi connectivity index (χ1) is 9.18. The number of aryl methyl sites for hydroxylation is 1. The Bertz CT molecular complexity index is 735. The third-order valence-corrected chi connectivity index (χ3v) is 3.94. The van der Waals surface area contributed by atoms with Gasteiger partial charge in [-0.1, -0.05) is 62.4 Å². The minimum Gasteiger partial charge on any atom is -0.0625 e. The predicted octanol–water partition coefficient (Wildman–Crippen LogP) is 5.50. The molecule has 0 saturated heterocycles. The fourth-order valence-electron chi connectivity index (χ4n) is 3.06. The van der Waals surface area contributed by atoms with Gasteiger partial charge in [-0.3, -0.25) is 0 Å². The minimum atomic E-state index is 0.684. The lowest BCUT2D eigenvalue weighted by Crippen LogP contribution is -1.99. The molecule has 96 valence electrons.